The molecule has 11 atom stereocenters. The van der Waals surface area contributed by atoms with Crippen LogP contribution >= 0.6 is 0 Å². The maximum absolute atomic E-state index is 15.7. The largest absolute Gasteiger partial charge is 0.458 e. The van der Waals surface area contributed by atoms with Crippen LogP contribution in [0, 0.1) is 22.7 Å². The van der Waals surface area contributed by atoms with E-state index < -0.39 is 118 Å². The molecule has 0 heterocycles. The standard InChI is InChI=1S/C54H63NO14/c1-8-9-13-26-40(59)67-44(42(34-20-14-10-15-21-34)55-48(61)35-22-16-11-17-23-35)50(63)66-38-30-54(64)47(68-49(62)36-24-18-12-19-25-36)45-52(7,39(58)29-37-27-28-53(37,45)69-33(4)57)46(60)43(65-32(3)56)41(31(38)2)51(54,5)6/h10-12,14-25,37-39,42-45,47,58,64H,8-9,13,26-30H2,1-7H3,(H,55,61)/t37-,38+,39+,42+,43-,44-,45?,47+,52-,53+,54-/m1/s1. The molecule has 3 saturated carbocycles. The van der Waals surface area contributed by atoms with E-state index in [9.17, 15) is 34.2 Å². The second-order valence-electron chi connectivity index (χ2n) is 19.7. The number of esters is 5. The van der Waals surface area contributed by atoms with Crippen LogP contribution in [-0.4, -0.2) is 93.5 Å². The summed E-state index contributed by atoms with van der Waals surface area (Å²) in [5.74, 6) is -7.75. The first-order valence-corrected chi connectivity index (χ1v) is 23.8. The lowest BCUT2D eigenvalue weighted by Crippen LogP contribution is -2.78. The van der Waals surface area contributed by atoms with Crippen LogP contribution in [0.25, 0.3) is 0 Å². The number of aliphatic hydroxyl groups excluding tert-OH is 1. The summed E-state index contributed by atoms with van der Waals surface area (Å²) in [6.45, 7) is 10.5. The number of carbonyl (C=O) groups excluding carboxylic acids is 7. The van der Waals surface area contributed by atoms with Gasteiger partial charge in [0.1, 0.15) is 29.5 Å². The summed E-state index contributed by atoms with van der Waals surface area (Å²) in [5, 5.41) is 29.1. The minimum absolute atomic E-state index is 0.000195. The number of Topliss-reactive ketones (excluding diaryl/α,β-unsaturated/α-hetero) is 1. The van der Waals surface area contributed by atoms with Crippen LogP contribution in [0.3, 0.4) is 0 Å². The summed E-state index contributed by atoms with van der Waals surface area (Å²) < 4.78 is 31.2. The fourth-order valence-electron chi connectivity index (χ4n) is 11.5. The molecule has 368 valence electrons. The van der Waals surface area contributed by atoms with Gasteiger partial charge in [0.15, 0.2) is 11.9 Å². The number of nitrogens with one attached hydrogen (secondary N) is 1. The van der Waals surface area contributed by atoms with Gasteiger partial charge in [0.05, 0.1) is 23.0 Å². The van der Waals surface area contributed by atoms with Crippen LogP contribution in [0.15, 0.2) is 102 Å². The average Bonchev–Trinajstić information content (AvgIpc) is 3.31. The minimum atomic E-state index is -2.38. The summed E-state index contributed by atoms with van der Waals surface area (Å²) in [6, 6.07) is 23.3. The zero-order valence-electron chi connectivity index (χ0n) is 40.2. The Morgan fingerprint density at radius 1 is 0.812 bits per heavy atom. The SMILES string of the molecule is CCCCCC(=O)O[C@@H](C(=O)O[C@H]1C[C@@]2(O)[C@@H](OC(=O)c3ccccc3)C3[C@](C)(C(=O)[C@H](OC(C)=O)C(=C1C)C2(C)C)[C@@H](O)C[C@H]1CC[C@@]31OC(C)=O)[C@@H](NC(=O)c1ccccc1)c1ccccc1. The molecule has 3 fully saturated rings. The lowest BCUT2D eigenvalue weighted by Gasteiger charge is -2.68. The van der Waals surface area contributed by atoms with Crippen LogP contribution in [0.4, 0.5) is 0 Å². The van der Waals surface area contributed by atoms with Crippen molar-refractivity contribution in [2.45, 2.75) is 148 Å². The molecule has 0 aromatic heterocycles. The number of hydrogen-bond acceptors (Lipinski definition) is 14. The zero-order chi connectivity index (χ0) is 50.1. The third-order valence-corrected chi connectivity index (χ3v) is 15.3. The second kappa shape index (κ2) is 20.0. The molecule has 3 aromatic carbocycles. The zero-order valence-corrected chi connectivity index (χ0v) is 40.2. The molecule has 4 aliphatic carbocycles. The fourth-order valence-corrected chi connectivity index (χ4v) is 11.5. The van der Waals surface area contributed by atoms with Gasteiger partial charge in [-0.1, -0.05) is 100 Å². The molecule has 69 heavy (non-hydrogen) atoms. The van der Waals surface area contributed by atoms with E-state index >= 15 is 9.59 Å². The quantitative estimate of drug-likeness (QED) is 0.0613. The maximum atomic E-state index is 15.7. The number of ketones is 1. The van der Waals surface area contributed by atoms with Gasteiger partial charge in [-0.05, 0) is 80.5 Å². The molecule has 0 aliphatic heterocycles. The number of amides is 1. The minimum Gasteiger partial charge on any atom is -0.458 e. The lowest BCUT2D eigenvalue weighted by molar-refractivity contribution is -0.296. The third-order valence-electron chi connectivity index (χ3n) is 15.3. The van der Waals surface area contributed by atoms with Gasteiger partial charge in [-0.2, -0.15) is 0 Å². The first-order valence-electron chi connectivity index (χ1n) is 23.8. The van der Waals surface area contributed by atoms with E-state index in [2.05, 4.69) is 5.32 Å². The predicted octanol–water partition coefficient (Wildman–Crippen LogP) is 6.88. The molecule has 2 bridgehead atoms. The van der Waals surface area contributed by atoms with Crippen molar-refractivity contribution >= 4 is 41.5 Å². The van der Waals surface area contributed by atoms with E-state index in [1.807, 2.05) is 6.92 Å². The predicted molar refractivity (Wildman–Crippen MR) is 249 cm³/mol. The van der Waals surface area contributed by atoms with Gasteiger partial charge in [0, 0.05) is 43.6 Å². The molecule has 1 unspecified atom stereocenters. The highest BCUT2D eigenvalue weighted by molar-refractivity contribution is 5.96. The number of rotatable bonds is 15. The van der Waals surface area contributed by atoms with E-state index in [0.29, 0.717) is 24.8 Å². The number of carbonyl (C=O) groups is 7. The topological polar surface area (TPSA) is 218 Å². The first kappa shape index (κ1) is 50.7. The summed E-state index contributed by atoms with van der Waals surface area (Å²) in [5.41, 5.74) is -6.66. The lowest BCUT2D eigenvalue weighted by atomic mass is 9.41. The summed E-state index contributed by atoms with van der Waals surface area (Å²) in [7, 11) is 0. The van der Waals surface area contributed by atoms with Gasteiger partial charge in [-0.3, -0.25) is 24.0 Å². The molecule has 1 amide bonds. The average molecular weight is 950 g/mol. The van der Waals surface area contributed by atoms with Gasteiger partial charge in [-0.15, -0.1) is 0 Å². The molecule has 7 rings (SSSR count). The molecule has 15 heteroatoms. The molecular formula is C54H63NO14. The smallest absolute Gasteiger partial charge is 0.350 e. The van der Waals surface area contributed by atoms with E-state index in [1.54, 1.807) is 99.6 Å². The maximum Gasteiger partial charge on any atom is 0.350 e. The Kier molecular flexibility index (Phi) is 14.7. The van der Waals surface area contributed by atoms with E-state index in [0.717, 1.165) is 13.3 Å². The second-order valence-corrected chi connectivity index (χ2v) is 19.7. The Morgan fingerprint density at radius 3 is 1.99 bits per heavy atom. The Balaban J connectivity index is 1.42. The van der Waals surface area contributed by atoms with Crippen molar-refractivity contribution < 1.29 is 67.5 Å². The Labute approximate surface area is 402 Å². The summed E-state index contributed by atoms with van der Waals surface area (Å²) in [6.07, 6.45) is -6.35. The number of benzene rings is 3. The Morgan fingerprint density at radius 2 is 1.42 bits per heavy atom. The number of ether oxygens (including phenoxy) is 5. The first-order chi connectivity index (χ1) is 32.7. The summed E-state index contributed by atoms with van der Waals surface area (Å²) >= 11 is 0. The molecule has 0 spiro atoms. The van der Waals surface area contributed by atoms with E-state index in [-0.39, 0.29) is 41.5 Å². The van der Waals surface area contributed by atoms with Crippen molar-refractivity contribution in [2.24, 2.45) is 22.7 Å². The Hall–Kier alpha value is -6.19. The molecule has 3 aromatic rings. The molecule has 0 radical (unpaired) electrons. The van der Waals surface area contributed by atoms with Gasteiger partial charge < -0.3 is 39.2 Å². The molecule has 4 aliphatic rings. The van der Waals surface area contributed by atoms with E-state index in [1.165, 1.54) is 26.0 Å². The van der Waals surface area contributed by atoms with Crippen LogP contribution < -0.4 is 5.32 Å². The van der Waals surface area contributed by atoms with Crippen molar-refractivity contribution in [3.05, 3.63) is 119 Å². The van der Waals surface area contributed by atoms with Crippen LogP contribution in [-0.2, 0) is 47.7 Å². The van der Waals surface area contributed by atoms with Crippen LogP contribution in [0.1, 0.15) is 132 Å². The van der Waals surface area contributed by atoms with Gasteiger partial charge >= 0.3 is 29.8 Å². The van der Waals surface area contributed by atoms with Crippen molar-refractivity contribution in [1.29, 1.82) is 0 Å². The highest BCUT2D eigenvalue weighted by atomic mass is 16.6. The third kappa shape index (κ3) is 9.35. The van der Waals surface area contributed by atoms with E-state index in [4.69, 9.17) is 23.7 Å². The number of unbranched alkanes of at least 4 members (excludes halogenated alkanes) is 2. The van der Waals surface area contributed by atoms with Gasteiger partial charge in [0.25, 0.3) is 5.91 Å². The van der Waals surface area contributed by atoms with Crippen molar-refractivity contribution in [2.75, 3.05) is 0 Å². The molecule has 15 nitrogen and oxygen atoms in total. The monoisotopic (exact) mass is 949 g/mol. The number of aliphatic hydroxyl groups is 2. The molecular weight excluding hydrogens is 887 g/mol. The number of fused-ring (bicyclic) bond motifs is 5. The highest BCUT2D eigenvalue weighted by Crippen LogP contribution is 2.67. The normalized spacial score (nSPS) is 29.7. The van der Waals surface area contributed by atoms with Crippen molar-refractivity contribution in [3.63, 3.8) is 0 Å². The van der Waals surface area contributed by atoms with Crippen LogP contribution in [0.5, 0.6) is 0 Å². The van der Waals surface area contributed by atoms with Gasteiger partial charge in [-0.25, -0.2) is 9.59 Å². The fraction of sp³-hybridized carbons (Fsp3) is 0.500. The van der Waals surface area contributed by atoms with Crippen molar-refractivity contribution in [1.82, 2.24) is 5.32 Å². The van der Waals surface area contributed by atoms with Crippen LogP contribution in [0.2, 0.25) is 0 Å². The summed E-state index contributed by atoms with van der Waals surface area (Å²) in [4.78, 5) is 99.3. The highest BCUT2D eigenvalue weighted by Gasteiger charge is 2.77. The molecule has 3 N–H and O–H groups in total. The van der Waals surface area contributed by atoms with Gasteiger partial charge in [0.2, 0.25) is 6.10 Å². The molecule has 0 saturated heterocycles. The number of hydrogen-bond donors (Lipinski definition) is 3. The van der Waals surface area contributed by atoms with Crippen molar-refractivity contribution in [3.8, 4) is 0 Å². The Bertz CT molecular complexity index is 2470.